The lowest BCUT2D eigenvalue weighted by atomic mass is 10.1. The number of hydrogen-bond acceptors (Lipinski definition) is 4. The molecular weight excluding hydrogens is 282 g/mol. The van der Waals surface area contributed by atoms with Gasteiger partial charge in [0, 0.05) is 18.7 Å². The molecule has 2 unspecified atom stereocenters. The number of aliphatic hydroxyl groups is 1. The van der Waals surface area contributed by atoms with Crippen LogP contribution in [0, 0.1) is 5.92 Å². The Labute approximate surface area is 130 Å². The molecule has 1 saturated carbocycles. The largest absolute Gasteiger partial charge is 0.381 e. The summed E-state index contributed by atoms with van der Waals surface area (Å²) >= 11 is 0. The molecular formula is C16H23N3O3. The Morgan fingerprint density at radius 3 is 2.68 bits per heavy atom. The number of carbonyl (C=O) groups excluding carboxylic acids is 2. The van der Waals surface area contributed by atoms with Crippen molar-refractivity contribution < 1.29 is 14.7 Å². The van der Waals surface area contributed by atoms with Crippen molar-refractivity contribution in [3.63, 3.8) is 0 Å². The van der Waals surface area contributed by atoms with Crippen molar-refractivity contribution >= 4 is 11.8 Å². The van der Waals surface area contributed by atoms with E-state index in [1.54, 1.807) is 25.1 Å². The van der Waals surface area contributed by atoms with Gasteiger partial charge < -0.3 is 21.5 Å². The average Bonchev–Trinajstić information content (AvgIpc) is 3.35. The van der Waals surface area contributed by atoms with Crippen LogP contribution in [0.25, 0.3) is 0 Å². The lowest BCUT2D eigenvalue weighted by Gasteiger charge is -2.20. The molecule has 6 heteroatoms. The van der Waals surface area contributed by atoms with E-state index in [2.05, 4.69) is 10.6 Å². The maximum atomic E-state index is 12.2. The first-order valence-electron chi connectivity index (χ1n) is 7.57. The topological polar surface area (TPSA) is 104 Å². The van der Waals surface area contributed by atoms with Gasteiger partial charge in [-0.1, -0.05) is 18.2 Å². The van der Waals surface area contributed by atoms with Crippen LogP contribution in [0.4, 0.5) is 0 Å². The van der Waals surface area contributed by atoms with E-state index in [0.717, 1.165) is 18.4 Å². The number of carbonyl (C=O) groups is 2. The molecule has 2 rings (SSSR count). The van der Waals surface area contributed by atoms with Gasteiger partial charge in [0.1, 0.15) is 0 Å². The summed E-state index contributed by atoms with van der Waals surface area (Å²) in [5.74, 6) is -0.258. The van der Waals surface area contributed by atoms with Crippen molar-refractivity contribution in [2.45, 2.75) is 38.5 Å². The van der Waals surface area contributed by atoms with E-state index in [9.17, 15) is 14.7 Å². The number of aliphatic hydroxyl groups excluding tert-OH is 1. The molecule has 0 radical (unpaired) electrons. The monoisotopic (exact) mass is 305 g/mol. The number of amides is 2. The minimum atomic E-state index is -1.27. The number of hydrogen-bond donors (Lipinski definition) is 4. The summed E-state index contributed by atoms with van der Waals surface area (Å²) in [6, 6.07) is 6.32. The maximum Gasteiger partial charge on any atom is 0.251 e. The van der Waals surface area contributed by atoms with Gasteiger partial charge in [0.2, 0.25) is 0 Å². The first kappa shape index (κ1) is 16.5. The van der Waals surface area contributed by atoms with Crippen molar-refractivity contribution in [1.29, 1.82) is 0 Å². The van der Waals surface area contributed by atoms with Gasteiger partial charge in [-0.05, 0) is 37.3 Å². The zero-order chi connectivity index (χ0) is 16.1. The van der Waals surface area contributed by atoms with Crippen molar-refractivity contribution in [3.8, 4) is 0 Å². The molecule has 1 aromatic rings. The Kier molecular flexibility index (Phi) is 5.51. The van der Waals surface area contributed by atoms with Crippen LogP contribution in [0.1, 0.15) is 35.7 Å². The van der Waals surface area contributed by atoms with E-state index in [-0.39, 0.29) is 12.5 Å². The Hall–Kier alpha value is -1.92. The third kappa shape index (κ3) is 4.29. The molecule has 0 aromatic heterocycles. The number of nitrogens with two attached hydrogens (primary N) is 1. The molecule has 1 aliphatic rings. The number of benzene rings is 1. The Morgan fingerprint density at radius 2 is 2.05 bits per heavy atom. The van der Waals surface area contributed by atoms with Crippen LogP contribution < -0.4 is 16.4 Å². The van der Waals surface area contributed by atoms with E-state index in [1.807, 2.05) is 6.07 Å². The highest BCUT2D eigenvalue weighted by molar-refractivity contribution is 5.96. The van der Waals surface area contributed by atoms with Crippen molar-refractivity contribution in [2.75, 3.05) is 6.54 Å². The second-order valence-corrected chi connectivity index (χ2v) is 5.76. The first-order valence-corrected chi connectivity index (χ1v) is 7.57. The Morgan fingerprint density at radius 1 is 1.36 bits per heavy atom. The molecule has 1 fully saturated rings. The predicted molar refractivity (Wildman–Crippen MR) is 83.0 cm³/mol. The highest BCUT2D eigenvalue weighted by Crippen LogP contribution is 2.27. The summed E-state index contributed by atoms with van der Waals surface area (Å²) in [7, 11) is 0. The standard InChI is InChI=1S/C16H23N3O3/c1-10(14(20)16(22)18-9-11-6-7-11)19-15(21)13-5-3-2-4-12(13)8-17/h2-5,10-11,14,20H,6-9,17H2,1H3,(H,18,22)(H,19,21). The van der Waals surface area contributed by atoms with Gasteiger partial charge in [-0.2, -0.15) is 0 Å². The Balaban J connectivity index is 1.90. The quantitative estimate of drug-likeness (QED) is 0.575. The molecule has 22 heavy (non-hydrogen) atoms. The molecule has 0 aliphatic heterocycles. The fourth-order valence-electron chi connectivity index (χ4n) is 2.18. The zero-order valence-electron chi connectivity index (χ0n) is 12.7. The molecule has 0 heterocycles. The smallest absolute Gasteiger partial charge is 0.251 e. The molecule has 5 N–H and O–H groups in total. The molecule has 120 valence electrons. The van der Waals surface area contributed by atoms with E-state index >= 15 is 0 Å². The molecule has 0 spiro atoms. The Bertz CT molecular complexity index is 543. The van der Waals surface area contributed by atoms with Crippen LogP contribution in [0.5, 0.6) is 0 Å². The molecule has 2 amide bonds. The van der Waals surface area contributed by atoms with Crippen LogP contribution in [0.2, 0.25) is 0 Å². The van der Waals surface area contributed by atoms with Crippen LogP contribution in [-0.2, 0) is 11.3 Å². The van der Waals surface area contributed by atoms with Gasteiger partial charge in [-0.15, -0.1) is 0 Å². The first-order chi connectivity index (χ1) is 10.5. The summed E-state index contributed by atoms with van der Waals surface area (Å²) in [6.07, 6.45) is 0.976. The third-order valence-electron chi connectivity index (χ3n) is 3.84. The van der Waals surface area contributed by atoms with Crippen molar-refractivity contribution in [1.82, 2.24) is 10.6 Å². The highest BCUT2D eigenvalue weighted by Gasteiger charge is 2.27. The number of rotatable bonds is 7. The summed E-state index contributed by atoms with van der Waals surface area (Å²) in [5.41, 5.74) is 6.79. The van der Waals surface area contributed by atoms with E-state index in [0.29, 0.717) is 18.0 Å². The van der Waals surface area contributed by atoms with E-state index in [4.69, 9.17) is 5.73 Å². The molecule has 0 bridgehead atoms. The third-order valence-corrected chi connectivity index (χ3v) is 3.84. The molecule has 1 aromatic carbocycles. The number of nitrogens with one attached hydrogen (secondary N) is 2. The maximum absolute atomic E-state index is 12.2. The second-order valence-electron chi connectivity index (χ2n) is 5.76. The van der Waals surface area contributed by atoms with Gasteiger partial charge >= 0.3 is 0 Å². The highest BCUT2D eigenvalue weighted by atomic mass is 16.3. The lowest BCUT2D eigenvalue weighted by molar-refractivity contribution is -0.130. The van der Waals surface area contributed by atoms with Crippen LogP contribution in [0.3, 0.4) is 0 Å². The van der Waals surface area contributed by atoms with Gasteiger partial charge in [0.15, 0.2) is 6.10 Å². The molecule has 2 atom stereocenters. The minimum Gasteiger partial charge on any atom is -0.381 e. The summed E-state index contributed by atoms with van der Waals surface area (Å²) in [5, 5.41) is 15.3. The summed E-state index contributed by atoms with van der Waals surface area (Å²) in [4.78, 5) is 24.1. The van der Waals surface area contributed by atoms with E-state index in [1.165, 1.54) is 0 Å². The predicted octanol–water partition coefficient (Wildman–Crippen LogP) is 0.151. The summed E-state index contributed by atoms with van der Waals surface area (Å²) < 4.78 is 0. The molecule has 6 nitrogen and oxygen atoms in total. The van der Waals surface area contributed by atoms with Crippen molar-refractivity contribution in [2.24, 2.45) is 11.7 Å². The molecule has 1 aliphatic carbocycles. The van der Waals surface area contributed by atoms with Gasteiger partial charge in [-0.25, -0.2) is 0 Å². The average molecular weight is 305 g/mol. The SMILES string of the molecule is CC(NC(=O)c1ccccc1CN)C(O)C(=O)NCC1CC1. The molecule has 0 saturated heterocycles. The van der Waals surface area contributed by atoms with E-state index < -0.39 is 18.1 Å². The second kappa shape index (κ2) is 7.38. The fourth-order valence-corrected chi connectivity index (χ4v) is 2.18. The fraction of sp³-hybridized carbons (Fsp3) is 0.500. The van der Waals surface area contributed by atoms with Crippen molar-refractivity contribution in [3.05, 3.63) is 35.4 Å². The zero-order valence-corrected chi connectivity index (χ0v) is 12.7. The lowest BCUT2D eigenvalue weighted by Crippen LogP contribution is -2.49. The van der Waals surface area contributed by atoms with Gasteiger partial charge in [0.25, 0.3) is 11.8 Å². The van der Waals surface area contributed by atoms with Crippen LogP contribution in [0.15, 0.2) is 24.3 Å². The minimum absolute atomic E-state index is 0.252. The van der Waals surface area contributed by atoms with Crippen LogP contribution in [-0.4, -0.2) is 35.6 Å². The van der Waals surface area contributed by atoms with Gasteiger partial charge in [-0.3, -0.25) is 9.59 Å². The van der Waals surface area contributed by atoms with Crippen LogP contribution >= 0.6 is 0 Å². The van der Waals surface area contributed by atoms with Gasteiger partial charge in [0.05, 0.1) is 6.04 Å². The normalized spacial score (nSPS) is 16.7. The summed E-state index contributed by atoms with van der Waals surface area (Å²) in [6.45, 7) is 2.44.